The molecule has 1 aromatic rings. The molecule has 0 aliphatic heterocycles. The second kappa shape index (κ2) is 8.37. The lowest BCUT2D eigenvalue weighted by Gasteiger charge is -2.11. The molecule has 106 valence electrons. The molecule has 0 radical (unpaired) electrons. The average Bonchev–Trinajstić information content (AvgIpc) is 2.46. The standard InChI is InChI=1S/C14H22N2O3/c1-3-11-7-8-12(13(10-11)18-2)19-9-5-4-6-14(17)16-15/h7-8,10H,3-6,9,15H2,1-2H3,(H,16,17). The maximum atomic E-state index is 10.9. The number of rotatable bonds is 8. The Balaban J connectivity index is 2.38. The number of benzene rings is 1. The van der Waals surface area contributed by atoms with Gasteiger partial charge in [0.2, 0.25) is 5.91 Å². The van der Waals surface area contributed by atoms with Gasteiger partial charge in [-0.3, -0.25) is 10.2 Å². The molecular formula is C14H22N2O3. The maximum absolute atomic E-state index is 10.9. The molecule has 0 saturated heterocycles. The molecule has 1 aromatic carbocycles. The summed E-state index contributed by atoms with van der Waals surface area (Å²) >= 11 is 0. The summed E-state index contributed by atoms with van der Waals surface area (Å²) in [6.45, 7) is 2.65. The summed E-state index contributed by atoms with van der Waals surface area (Å²) in [6, 6.07) is 5.93. The Kier molecular flexibility index (Phi) is 6.74. The van der Waals surface area contributed by atoms with Crippen LogP contribution in [0.5, 0.6) is 11.5 Å². The minimum Gasteiger partial charge on any atom is -0.493 e. The highest BCUT2D eigenvalue weighted by Crippen LogP contribution is 2.28. The Hall–Kier alpha value is -1.75. The van der Waals surface area contributed by atoms with E-state index in [1.807, 2.05) is 18.2 Å². The molecule has 19 heavy (non-hydrogen) atoms. The number of hydrogen-bond acceptors (Lipinski definition) is 4. The highest BCUT2D eigenvalue weighted by atomic mass is 16.5. The number of nitrogens with one attached hydrogen (secondary N) is 1. The first-order valence-electron chi connectivity index (χ1n) is 6.50. The van der Waals surface area contributed by atoms with Crippen LogP contribution in [0, 0.1) is 0 Å². The van der Waals surface area contributed by atoms with E-state index in [9.17, 15) is 4.79 Å². The summed E-state index contributed by atoms with van der Waals surface area (Å²) in [5.41, 5.74) is 3.32. The molecule has 0 spiro atoms. The Bertz CT molecular complexity index is 408. The molecule has 1 amide bonds. The predicted molar refractivity (Wildman–Crippen MR) is 74.0 cm³/mol. The van der Waals surface area contributed by atoms with E-state index >= 15 is 0 Å². The molecular weight excluding hydrogens is 244 g/mol. The van der Waals surface area contributed by atoms with Gasteiger partial charge in [0.25, 0.3) is 0 Å². The van der Waals surface area contributed by atoms with Gasteiger partial charge in [0, 0.05) is 6.42 Å². The van der Waals surface area contributed by atoms with Gasteiger partial charge < -0.3 is 9.47 Å². The van der Waals surface area contributed by atoms with Crippen molar-refractivity contribution >= 4 is 5.91 Å². The minimum atomic E-state index is -0.148. The SMILES string of the molecule is CCc1ccc(OCCCCC(=O)NN)c(OC)c1. The van der Waals surface area contributed by atoms with E-state index in [0.29, 0.717) is 13.0 Å². The van der Waals surface area contributed by atoms with E-state index in [0.717, 1.165) is 30.8 Å². The average molecular weight is 266 g/mol. The number of carbonyl (C=O) groups is 1. The van der Waals surface area contributed by atoms with Crippen molar-refractivity contribution in [3.63, 3.8) is 0 Å². The van der Waals surface area contributed by atoms with Crippen LogP contribution >= 0.6 is 0 Å². The molecule has 0 unspecified atom stereocenters. The van der Waals surface area contributed by atoms with Crippen molar-refractivity contribution in [2.75, 3.05) is 13.7 Å². The second-order valence-corrected chi connectivity index (χ2v) is 4.21. The van der Waals surface area contributed by atoms with Gasteiger partial charge in [-0.15, -0.1) is 0 Å². The molecule has 5 nitrogen and oxygen atoms in total. The van der Waals surface area contributed by atoms with Crippen LogP contribution in [0.3, 0.4) is 0 Å². The molecule has 0 heterocycles. The van der Waals surface area contributed by atoms with Crippen LogP contribution in [0.15, 0.2) is 18.2 Å². The van der Waals surface area contributed by atoms with Crippen LogP contribution in [-0.4, -0.2) is 19.6 Å². The van der Waals surface area contributed by atoms with E-state index in [-0.39, 0.29) is 5.91 Å². The molecule has 0 atom stereocenters. The molecule has 0 saturated carbocycles. The molecule has 1 rings (SSSR count). The van der Waals surface area contributed by atoms with Crippen LogP contribution in [0.25, 0.3) is 0 Å². The van der Waals surface area contributed by atoms with Gasteiger partial charge in [0.05, 0.1) is 13.7 Å². The number of hydrogen-bond donors (Lipinski definition) is 2. The van der Waals surface area contributed by atoms with Gasteiger partial charge in [-0.2, -0.15) is 0 Å². The summed E-state index contributed by atoms with van der Waals surface area (Å²) < 4.78 is 10.9. The smallest absolute Gasteiger partial charge is 0.233 e. The van der Waals surface area contributed by atoms with Crippen molar-refractivity contribution in [2.24, 2.45) is 5.84 Å². The number of methoxy groups -OCH3 is 1. The van der Waals surface area contributed by atoms with Gasteiger partial charge in [-0.1, -0.05) is 13.0 Å². The second-order valence-electron chi connectivity index (χ2n) is 4.21. The Morgan fingerprint density at radius 3 is 2.74 bits per heavy atom. The van der Waals surface area contributed by atoms with Gasteiger partial charge in [0.15, 0.2) is 11.5 Å². The predicted octanol–water partition coefficient (Wildman–Crippen LogP) is 1.80. The number of aryl methyl sites for hydroxylation is 1. The zero-order valence-corrected chi connectivity index (χ0v) is 11.6. The van der Waals surface area contributed by atoms with E-state index in [1.165, 1.54) is 5.56 Å². The summed E-state index contributed by atoms with van der Waals surface area (Å²) in [5.74, 6) is 6.34. The zero-order valence-electron chi connectivity index (χ0n) is 11.6. The number of carbonyl (C=O) groups excluding carboxylic acids is 1. The third-order valence-corrected chi connectivity index (χ3v) is 2.85. The first-order valence-corrected chi connectivity index (χ1v) is 6.50. The number of nitrogens with two attached hydrogens (primary N) is 1. The van der Waals surface area contributed by atoms with Crippen molar-refractivity contribution < 1.29 is 14.3 Å². The molecule has 0 aliphatic rings. The summed E-state index contributed by atoms with van der Waals surface area (Å²) in [4.78, 5) is 10.9. The van der Waals surface area contributed by atoms with E-state index < -0.39 is 0 Å². The van der Waals surface area contributed by atoms with Crippen LogP contribution in [0.2, 0.25) is 0 Å². The highest BCUT2D eigenvalue weighted by molar-refractivity contribution is 5.75. The van der Waals surface area contributed by atoms with Crippen LogP contribution < -0.4 is 20.7 Å². The Morgan fingerprint density at radius 2 is 2.11 bits per heavy atom. The van der Waals surface area contributed by atoms with E-state index in [1.54, 1.807) is 7.11 Å². The lowest BCUT2D eigenvalue weighted by Crippen LogP contribution is -2.29. The molecule has 0 bridgehead atoms. The van der Waals surface area contributed by atoms with Crippen molar-refractivity contribution in [3.05, 3.63) is 23.8 Å². The molecule has 0 fully saturated rings. The fourth-order valence-electron chi connectivity index (χ4n) is 1.69. The number of amides is 1. The van der Waals surface area contributed by atoms with Gasteiger partial charge in [-0.25, -0.2) is 5.84 Å². The third-order valence-electron chi connectivity index (χ3n) is 2.85. The van der Waals surface area contributed by atoms with E-state index in [4.69, 9.17) is 15.3 Å². The Labute approximate surface area is 114 Å². The van der Waals surface area contributed by atoms with Crippen molar-refractivity contribution in [3.8, 4) is 11.5 Å². The molecule has 5 heteroatoms. The first-order chi connectivity index (χ1) is 9.21. The lowest BCUT2D eigenvalue weighted by molar-refractivity contribution is -0.121. The molecule has 0 aliphatic carbocycles. The van der Waals surface area contributed by atoms with Crippen LogP contribution in [0.1, 0.15) is 31.7 Å². The fraction of sp³-hybridized carbons (Fsp3) is 0.500. The normalized spacial score (nSPS) is 10.1. The summed E-state index contributed by atoms with van der Waals surface area (Å²) in [6.07, 6.45) is 2.93. The van der Waals surface area contributed by atoms with Crippen LogP contribution in [0.4, 0.5) is 0 Å². The topological polar surface area (TPSA) is 73.6 Å². The number of unbranched alkanes of at least 4 members (excludes halogenated alkanes) is 1. The van der Waals surface area contributed by atoms with Gasteiger partial charge in [-0.05, 0) is 37.0 Å². The lowest BCUT2D eigenvalue weighted by atomic mass is 10.1. The zero-order chi connectivity index (χ0) is 14.1. The largest absolute Gasteiger partial charge is 0.493 e. The third kappa shape index (κ3) is 5.18. The number of hydrazine groups is 1. The minimum absolute atomic E-state index is 0.148. The van der Waals surface area contributed by atoms with Crippen molar-refractivity contribution in [1.29, 1.82) is 0 Å². The molecule has 3 N–H and O–H groups in total. The quantitative estimate of drug-likeness (QED) is 0.326. The fourth-order valence-corrected chi connectivity index (χ4v) is 1.69. The van der Waals surface area contributed by atoms with E-state index in [2.05, 4.69) is 12.3 Å². The molecule has 0 aromatic heterocycles. The summed E-state index contributed by atoms with van der Waals surface area (Å²) in [5, 5.41) is 0. The number of ether oxygens (including phenoxy) is 2. The monoisotopic (exact) mass is 266 g/mol. The summed E-state index contributed by atoms with van der Waals surface area (Å²) in [7, 11) is 1.63. The highest BCUT2D eigenvalue weighted by Gasteiger charge is 2.05. The first kappa shape index (κ1) is 15.3. The van der Waals surface area contributed by atoms with Crippen LogP contribution in [-0.2, 0) is 11.2 Å². The Morgan fingerprint density at radius 1 is 1.32 bits per heavy atom. The van der Waals surface area contributed by atoms with Gasteiger partial charge >= 0.3 is 0 Å². The maximum Gasteiger partial charge on any atom is 0.233 e. The van der Waals surface area contributed by atoms with Crippen molar-refractivity contribution in [1.82, 2.24) is 5.43 Å². The van der Waals surface area contributed by atoms with Gasteiger partial charge in [0.1, 0.15) is 0 Å². The van der Waals surface area contributed by atoms with Crippen molar-refractivity contribution in [2.45, 2.75) is 32.6 Å².